The quantitative estimate of drug-likeness (QED) is 0.553. The fourth-order valence-electron chi connectivity index (χ4n) is 2.52. The highest BCUT2D eigenvalue weighted by molar-refractivity contribution is 5.81. The molecular formula is C17H22IN. The molecule has 0 saturated carbocycles. The van der Waals surface area contributed by atoms with Gasteiger partial charge in [0.05, 0.1) is 5.39 Å². The summed E-state index contributed by atoms with van der Waals surface area (Å²) in [5, 5.41) is 1.34. The van der Waals surface area contributed by atoms with E-state index in [1.807, 2.05) is 6.08 Å². The van der Waals surface area contributed by atoms with Crippen molar-refractivity contribution in [3.63, 3.8) is 0 Å². The molecule has 2 aromatic rings. The van der Waals surface area contributed by atoms with Gasteiger partial charge in [-0.1, -0.05) is 39.5 Å². The monoisotopic (exact) mass is 367 g/mol. The number of halogens is 1. The maximum Gasteiger partial charge on any atom is 0.213 e. The molecule has 0 bridgehead atoms. The molecule has 2 heteroatoms. The van der Waals surface area contributed by atoms with Crippen LogP contribution in [0.4, 0.5) is 0 Å². The lowest BCUT2D eigenvalue weighted by Gasteiger charge is -2.21. The zero-order chi connectivity index (χ0) is 13.3. The lowest BCUT2D eigenvalue weighted by atomic mass is 9.84. The van der Waals surface area contributed by atoms with Crippen LogP contribution in [0.25, 0.3) is 17.0 Å². The number of pyridine rings is 1. The standard InChI is InChI=1S/C17H22N.HI/c1-6-13-12-15(17(3,4)5)14-10-8-9-11-16(14)18(13)7-2;/h6,8-12H,1,7H2,2-5H3;1H/q+1;/p-1. The molecule has 0 atom stereocenters. The third-order valence-corrected chi connectivity index (χ3v) is 3.42. The SMILES string of the molecule is C=Cc1cc(C(C)(C)C)c2ccccc2[n+]1CC.[I-]. The first-order valence-corrected chi connectivity index (χ1v) is 6.57. The topological polar surface area (TPSA) is 3.88 Å². The van der Waals surface area contributed by atoms with E-state index in [1.165, 1.54) is 22.2 Å². The van der Waals surface area contributed by atoms with Crippen LogP contribution in [0.15, 0.2) is 36.9 Å². The van der Waals surface area contributed by atoms with Gasteiger partial charge in [0.1, 0.15) is 6.54 Å². The van der Waals surface area contributed by atoms with E-state index in [9.17, 15) is 0 Å². The second-order valence-electron chi connectivity index (χ2n) is 5.70. The number of rotatable bonds is 2. The average Bonchev–Trinajstić information content (AvgIpc) is 2.35. The predicted octanol–water partition coefficient (Wildman–Crippen LogP) is 1.09. The molecule has 0 saturated heterocycles. The molecule has 0 amide bonds. The lowest BCUT2D eigenvalue weighted by Crippen LogP contribution is -3.00. The highest BCUT2D eigenvalue weighted by Crippen LogP contribution is 2.29. The highest BCUT2D eigenvalue weighted by atomic mass is 127. The third-order valence-electron chi connectivity index (χ3n) is 3.42. The predicted molar refractivity (Wildman–Crippen MR) is 78.6 cm³/mol. The molecule has 0 aliphatic rings. The van der Waals surface area contributed by atoms with E-state index < -0.39 is 0 Å². The Kier molecular flexibility index (Phi) is 5.13. The van der Waals surface area contributed by atoms with Crippen molar-refractivity contribution >= 4 is 17.0 Å². The Morgan fingerprint density at radius 1 is 1.21 bits per heavy atom. The van der Waals surface area contributed by atoms with Crippen molar-refractivity contribution < 1.29 is 28.5 Å². The summed E-state index contributed by atoms with van der Waals surface area (Å²) in [6.07, 6.45) is 1.95. The Morgan fingerprint density at radius 2 is 1.84 bits per heavy atom. The normalized spacial score (nSPS) is 11.2. The Labute approximate surface area is 133 Å². The molecule has 0 N–H and O–H groups in total. The number of benzene rings is 1. The first kappa shape index (κ1) is 16.2. The number of fused-ring (bicyclic) bond motifs is 1. The van der Waals surface area contributed by atoms with Crippen LogP contribution < -0.4 is 28.5 Å². The molecule has 2 rings (SSSR count). The van der Waals surface area contributed by atoms with Crippen LogP contribution in [0.5, 0.6) is 0 Å². The van der Waals surface area contributed by atoms with Crippen LogP contribution in [0.1, 0.15) is 39.0 Å². The average molecular weight is 367 g/mol. The summed E-state index contributed by atoms with van der Waals surface area (Å²) in [6.45, 7) is 13.9. The minimum atomic E-state index is 0. The zero-order valence-electron chi connectivity index (χ0n) is 12.2. The summed E-state index contributed by atoms with van der Waals surface area (Å²) in [5.41, 5.74) is 4.02. The third kappa shape index (κ3) is 2.99. The van der Waals surface area contributed by atoms with Crippen molar-refractivity contribution in [1.82, 2.24) is 0 Å². The van der Waals surface area contributed by atoms with Gasteiger partial charge >= 0.3 is 0 Å². The van der Waals surface area contributed by atoms with E-state index in [4.69, 9.17) is 0 Å². The van der Waals surface area contributed by atoms with E-state index >= 15 is 0 Å². The smallest absolute Gasteiger partial charge is 0.213 e. The number of nitrogens with zero attached hydrogens (tertiary/aromatic N) is 1. The molecule has 1 nitrogen and oxygen atoms in total. The summed E-state index contributed by atoms with van der Waals surface area (Å²) in [5.74, 6) is 0. The minimum Gasteiger partial charge on any atom is -1.00 e. The largest absolute Gasteiger partial charge is 1.00 e. The Bertz CT molecular complexity index is 594. The van der Waals surface area contributed by atoms with Gasteiger partial charge in [-0.2, -0.15) is 4.57 Å². The first-order chi connectivity index (χ1) is 8.49. The molecule has 0 aliphatic heterocycles. The molecule has 102 valence electrons. The molecule has 0 radical (unpaired) electrons. The molecule has 0 aliphatic carbocycles. The van der Waals surface area contributed by atoms with Gasteiger partial charge in [-0.25, -0.2) is 0 Å². The van der Waals surface area contributed by atoms with Crippen LogP contribution in [0.2, 0.25) is 0 Å². The molecular weight excluding hydrogens is 345 g/mol. The maximum atomic E-state index is 3.95. The second-order valence-corrected chi connectivity index (χ2v) is 5.70. The summed E-state index contributed by atoms with van der Waals surface area (Å²) in [6, 6.07) is 10.9. The van der Waals surface area contributed by atoms with Gasteiger partial charge in [0.2, 0.25) is 11.2 Å². The molecule has 0 fully saturated rings. The van der Waals surface area contributed by atoms with Crippen LogP contribution in [-0.2, 0) is 12.0 Å². The van der Waals surface area contributed by atoms with Gasteiger partial charge in [0.25, 0.3) is 0 Å². The molecule has 1 aromatic heterocycles. The van der Waals surface area contributed by atoms with Crippen molar-refractivity contribution in [2.24, 2.45) is 0 Å². The summed E-state index contributed by atoms with van der Waals surface area (Å²) in [7, 11) is 0. The minimum absolute atomic E-state index is 0. The summed E-state index contributed by atoms with van der Waals surface area (Å²) in [4.78, 5) is 0. The van der Waals surface area contributed by atoms with Gasteiger partial charge in [0.15, 0.2) is 0 Å². The van der Waals surface area contributed by atoms with Crippen LogP contribution in [0.3, 0.4) is 0 Å². The van der Waals surface area contributed by atoms with E-state index in [1.54, 1.807) is 0 Å². The van der Waals surface area contributed by atoms with Crippen molar-refractivity contribution in [2.45, 2.75) is 39.7 Å². The lowest BCUT2D eigenvalue weighted by molar-refractivity contribution is -0.669. The van der Waals surface area contributed by atoms with E-state index in [0.29, 0.717) is 0 Å². The molecule has 19 heavy (non-hydrogen) atoms. The Morgan fingerprint density at radius 3 is 2.37 bits per heavy atom. The summed E-state index contributed by atoms with van der Waals surface area (Å²) < 4.78 is 2.32. The fraction of sp³-hybridized carbons (Fsp3) is 0.353. The highest BCUT2D eigenvalue weighted by Gasteiger charge is 2.23. The van der Waals surface area contributed by atoms with E-state index in [2.05, 4.69) is 69.2 Å². The first-order valence-electron chi connectivity index (χ1n) is 6.57. The van der Waals surface area contributed by atoms with Crippen molar-refractivity contribution in [1.29, 1.82) is 0 Å². The van der Waals surface area contributed by atoms with Crippen molar-refractivity contribution in [3.8, 4) is 0 Å². The van der Waals surface area contributed by atoms with Crippen LogP contribution >= 0.6 is 0 Å². The molecule has 1 aromatic carbocycles. The summed E-state index contributed by atoms with van der Waals surface area (Å²) >= 11 is 0. The number of hydrogen-bond donors (Lipinski definition) is 0. The zero-order valence-corrected chi connectivity index (χ0v) is 14.4. The Balaban J connectivity index is 0.00000180. The van der Waals surface area contributed by atoms with Crippen molar-refractivity contribution in [3.05, 3.63) is 48.2 Å². The van der Waals surface area contributed by atoms with Gasteiger partial charge in [0, 0.05) is 18.2 Å². The number of para-hydroxylation sites is 1. The van der Waals surface area contributed by atoms with Crippen LogP contribution in [-0.4, -0.2) is 0 Å². The molecule has 0 spiro atoms. The fourth-order valence-corrected chi connectivity index (χ4v) is 2.52. The second kappa shape index (κ2) is 6.04. The van der Waals surface area contributed by atoms with E-state index in [-0.39, 0.29) is 29.4 Å². The maximum absolute atomic E-state index is 3.95. The Hall–Kier alpha value is -0.900. The van der Waals surface area contributed by atoms with Gasteiger partial charge in [-0.3, -0.25) is 0 Å². The molecule has 1 heterocycles. The van der Waals surface area contributed by atoms with Gasteiger partial charge in [-0.05, 0) is 24.0 Å². The van der Waals surface area contributed by atoms with Gasteiger partial charge < -0.3 is 24.0 Å². The number of aromatic nitrogens is 1. The van der Waals surface area contributed by atoms with E-state index in [0.717, 1.165) is 6.54 Å². The van der Waals surface area contributed by atoms with Crippen LogP contribution in [0, 0.1) is 0 Å². The van der Waals surface area contributed by atoms with Gasteiger partial charge in [-0.15, -0.1) is 0 Å². The number of hydrogen-bond acceptors (Lipinski definition) is 0. The number of aryl methyl sites for hydroxylation is 1. The molecule has 0 unspecified atom stereocenters. The van der Waals surface area contributed by atoms with Crippen molar-refractivity contribution in [2.75, 3.05) is 0 Å².